The molecule has 1 saturated heterocycles. The number of rotatable bonds is 10. The average molecular weight is 585 g/mol. The zero-order valence-corrected chi connectivity index (χ0v) is 23.1. The number of benzene rings is 3. The van der Waals surface area contributed by atoms with Crippen LogP contribution in [-0.2, 0) is 26.3 Å². The highest BCUT2D eigenvalue weighted by Gasteiger charge is 2.36. The minimum Gasteiger partial charge on any atom is -0.493 e. The van der Waals surface area contributed by atoms with Crippen molar-refractivity contribution in [1.82, 2.24) is 10.2 Å². The molecule has 1 aliphatic rings. The molecule has 40 heavy (non-hydrogen) atoms. The molecule has 0 saturated carbocycles. The molecule has 0 spiro atoms. The van der Waals surface area contributed by atoms with E-state index < -0.39 is 28.0 Å². The van der Waals surface area contributed by atoms with E-state index in [1.807, 2.05) is 6.92 Å². The molecule has 208 valence electrons. The zero-order valence-electron chi connectivity index (χ0n) is 21.5. The van der Waals surface area contributed by atoms with Gasteiger partial charge in [0.1, 0.15) is 16.2 Å². The fraction of sp³-hybridized carbons (Fsp3) is 0.179. The van der Waals surface area contributed by atoms with Gasteiger partial charge in [0.2, 0.25) is 0 Å². The van der Waals surface area contributed by atoms with Gasteiger partial charge in [0.05, 0.1) is 20.3 Å². The second-order valence-corrected chi connectivity index (χ2v) is 10.6. The van der Waals surface area contributed by atoms with Crippen LogP contribution in [0.4, 0.5) is 4.79 Å². The maximum absolute atomic E-state index is 13.2. The molecule has 1 aliphatic heterocycles. The lowest BCUT2D eigenvalue weighted by Gasteiger charge is -2.26. The molecule has 0 bridgehead atoms. The highest BCUT2D eigenvalue weighted by Crippen LogP contribution is 2.29. The average Bonchev–Trinajstić information content (AvgIpc) is 2.92. The van der Waals surface area contributed by atoms with Gasteiger partial charge in [0, 0.05) is 5.02 Å². The standard InChI is InChI=1S/C28H25ClN2O8S/c1-3-13-38-24-12-7-19(16-25(24)37-2)17-31-27(33)23(26(32)30-28(31)34)15-18-5-4-6-21(14-18)39-40(35,36)22-10-8-20(29)9-11-22/h4-12,14-16H,3,13,17H2,1-2H3,(H,30,32,34)/b23-15-. The van der Waals surface area contributed by atoms with E-state index in [1.54, 1.807) is 24.3 Å². The number of hydrogen-bond donors (Lipinski definition) is 1. The number of ether oxygens (including phenoxy) is 2. The van der Waals surface area contributed by atoms with Gasteiger partial charge in [0.15, 0.2) is 11.5 Å². The molecule has 12 heteroatoms. The predicted octanol–water partition coefficient (Wildman–Crippen LogP) is 4.57. The van der Waals surface area contributed by atoms with Crippen molar-refractivity contribution in [3.8, 4) is 17.2 Å². The SMILES string of the molecule is CCCOc1ccc(CN2C(=O)NC(=O)/C(=C/c3cccc(OS(=O)(=O)c4ccc(Cl)cc4)c3)C2=O)cc1OC. The van der Waals surface area contributed by atoms with Crippen molar-refractivity contribution in [3.63, 3.8) is 0 Å². The van der Waals surface area contributed by atoms with Crippen molar-refractivity contribution in [2.75, 3.05) is 13.7 Å². The topological polar surface area (TPSA) is 128 Å². The Bertz CT molecular complexity index is 1590. The summed E-state index contributed by atoms with van der Waals surface area (Å²) in [6.45, 7) is 2.33. The Morgan fingerprint density at radius 2 is 1.73 bits per heavy atom. The number of carbonyl (C=O) groups is 3. The Morgan fingerprint density at radius 3 is 2.42 bits per heavy atom. The molecule has 3 aromatic rings. The molecule has 10 nitrogen and oxygen atoms in total. The summed E-state index contributed by atoms with van der Waals surface area (Å²) >= 11 is 5.82. The lowest BCUT2D eigenvalue weighted by Crippen LogP contribution is -2.53. The summed E-state index contributed by atoms with van der Waals surface area (Å²) in [6.07, 6.45) is 2.06. The number of halogens is 1. The number of hydrogen-bond acceptors (Lipinski definition) is 8. The second-order valence-electron chi connectivity index (χ2n) is 8.61. The van der Waals surface area contributed by atoms with Gasteiger partial charge < -0.3 is 13.7 Å². The van der Waals surface area contributed by atoms with Gasteiger partial charge in [-0.05, 0) is 72.2 Å². The lowest BCUT2D eigenvalue weighted by atomic mass is 10.1. The maximum Gasteiger partial charge on any atom is 0.339 e. The molecule has 3 aromatic carbocycles. The highest BCUT2D eigenvalue weighted by molar-refractivity contribution is 7.87. The third kappa shape index (κ3) is 6.61. The van der Waals surface area contributed by atoms with Crippen LogP contribution in [-0.4, -0.2) is 44.9 Å². The number of barbiturate groups is 1. The van der Waals surface area contributed by atoms with E-state index in [0.29, 0.717) is 34.3 Å². The largest absolute Gasteiger partial charge is 0.493 e. The van der Waals surface area contributed by atoms with E-state index >= 15 is 0 Å². The van der Waals surface area contributed by atoms with E-state index in [1.165, 1.54) is 55.7 Å². The third-order valence-electron chi connectivity index (χ3n) is 5.69. The predicted molar refractivity (Wildman–Crippen MR) is 147 cm³/mol. The number of nitrogens with one attached hydrogen (secondary N) is 1. The van der Waals surface area contributed by atoms with Gasteiger partial charge in [-0.25, -0.2) is 4.79 Å². The first-order valence-corrected chi connectivity index (χ1v) is 13.9. The Kier molecular flexibility index (Phi) is 8.76. The second kappa shape index (κ2) is 12.2. The molecule has 0 unspecified atom stereocenters. The molecule has 0 aliphatic carbocycles. The number of nitrogens with zero attached hydrogens (tertiary/aromatic N) is 1. The number of carbonyl (C=O) groups excluding carboxylic acids is 3. The van der Waals surface area contributed by atoms with Gasteiger partial charge in [-0.1, -0.05) is 36.7 Å². The minimum absolute atomic E-state index is 0.0432. The molecule has 0 atom stereocenters. The summed E-state index contributed by atoms with van der Waals surface area (Å²) in [4.78, 5) is 39.1. The lowest BCUT2D eigenvalue weighted by molar-refractivity contribution is -0.130. The molecule has 1 N–H and O–H groups in total. The summed E-state index contributed by atoms with van der Waals surface area (Å²) in [5.41, 5.74) is 0.559. The molecule has 1 fully saturated rings. The summed E-state index contributed by atoms with van der Waals surface area (Å²) in [5, 5.41) is 2.53. The van der Waals surface area contributed by atoms with Crippen molar-refractivity contribution in [2.24, 2.45) is 0 Å². The van der Waals surface area contributed by atoms with Crippen LogP contribution < -0.4 is 19.0 Å². The molecule has 4 rings (SSSR count). The minimum atomic E-state index is -4.16. The zero-order chi connectivity index (χ0) is 28.9. The Hall–Kier alpha value is -4.35. The van der Waals surface area contributed by atoms with Crippen molar-refractivity contribution >= 4 is 45.6 Å². The molecular weight excluding hydrogens is 560 g/mol. The van der Waals surface area contributed by atoms with Crippen molar-refractivity contribution in [3.05, 3.63) is 88.5 Å². The van der Waals surface area contributed by atoms with Gasteiger partial charge in [-0.3, -0.25) is 19.8 Å². The molecule has 0 radical (unpaired) electrons. The van der Waals surface area contributed by atoms with Gasteiger partial charge in [0.25, 0.3) is 11.8 Å². The summed E-state index contributed by atoms with van der Waals surface area (Å²) < 4.78 is 41.5. The third-order valence-corrected chi connectivity index (χ3v) is 7.21. The Balaban J connectivity index is 1.56. The number of methoxy groups -OCH3 is 1. The van der Waals surface area contributed by atoms with Crippen LogP contribution in [0.15, 0.2) is 77.2 Å². The molecule has 1 heterocycles. The van der Waals surface area contributed by atoms with E-state index in [4.69, 9.17) is 25.3 Å². The first kappa shape index (κ1) is 28.7. The summed E-state index contributed by atoms with van der Waals surface area (Å²) in [5.74, 6) is -0.781. The van der Waals surface area contributed by atoms with Crippen molar-refractivity contribution in [1.29, 1.82) is 0 Å². The van der Waals surface area contributed by atoms with E-state index in [2.05, 4.69) is 5.32 Å². The smallest absolute Gasteiger partial charge is 0.339 e. The van der Waals surface area contributed by atoms with Crippen LogP contribution in [0, 0.1) is 0 Å². The van der Waals surface area contributed by atoms with Crippen LogP contribution in [0.1, 0.15) is 24.5 Å². The van der Waals surface area contributed by atoms with Gasteiger partial charge in [-0.15, -0.1) is 0 Å². The maximum atomic E-state index is 13.2. The van der Waals surface area contributed by atoms with E-state index in [0.717, 1.165) is 11.3 Å². The van der Waals surface area contributed by atoms with Crippen LogP contribution in [0.2, 0.25) is 5.02 Å². The molecule has 4 amide bonds. The van der Waals surface area contributed by atoms with Gasteiger partial charge in [-0.2, -0.15) is 8.42 Å². The first-order valence-electron chi connectivity index (χ1n) is 12.1. The molecule has 0 aromatic heterocycles. The van der Waals surface area contributed by atoms with Crippen LogP contribution >= 0.6 is 11.6 Å². The fourth-order valence-corrected chi connectivity index (χ4v) is 4.81. The Morgan fingerprint density at radius 1 is 0.975 bits per heavy atom. The number of amides is 4. The van der Waals surface area contributed by atoms with Crippen LogP contribution in [0.25, 0.3) is 6.08 Å². The van der Waals surface area contributed by atoms with Gasteiger partial charge >= 0.3 is 16.1 Å². The summed E-state index contributed by atoms with van der Waals surface area (Å²) in [6, 6.07) is 15.4. The quantitative estimate of drug-likeness (QED) is 0.208. The monoisotopic (exact) mass is 584 g/mol. The van der Waals surface area contributed by atoms with Crippen LogP contribution in [0.3, 0.4) is 0 Å². The normalized spacial score (nSPS) is 14.7. The first-order chi connectivity index (χ1) is 19.1. The highest BCUT2D eigenvalue weighted by atomic mass is 35.5. The van der Waals surface area contributed by atoms with E-state index in [-0.39, 0.29) is 22.8 Å². The van der Waals surface area contributed by atoms with Crippen LogP contribution in [0.5, 0.6) is 17.2 Å². The van der Waals surface area contributed by atoms with E-state index in [9.17, 15) is 22.8 Å². The fourth-order valence-electron chi connectivity index (χ4n) is 3.76. The molecular formula is C28H25ClN2O8S. The number of urea groups is 1. The van der Waals surface area contributed by atoms with Crippen molar-refractivity contribution < 1.29 is 36.5 Å². The van der Waals surface area contributed by atoms with Crippen molar-refractivity contribution in [2.45, 2.75) is 24.8 Å². The Labute approximate surface area is 236 Å². The summed E-state index contributed by atoms with van der Waals surface area (Å²) in [7, 11) is -2.68. The number of imide groups is 2.